The fourth-order valence-electron chi connectivity index (χ4n) is 0.728. The van der Waals surface area contributed by atoms with Crippen molar-refractivity contribution in [3.63, 3.8) is 0 Å². The lowest BCUT2D eigenvalue weighted by atomic mass is 10.4. The molecule has 0 nitrogen and oxygen atoms in total. The van der Waals surface area contributed by atoms with Crippen LogP contribution in [0.2, 0.25) is 5.02 Å². The molecule has 1 aromatic carbocycles. The third-order valence-electron chi connectivity index (χ3n) is 1.47. The summed E-state index contributed by atoms with van der Waals surface area (Å²) in [6.45, 7) is 2.03. The molecule has 0 fully saturated rings. The smallest absolute Gasteiger partial charge is 0.0406 e. The van der Waals surface area contributed by atoms with Crippen LogP contribution in [0.5, 0.6) is 0 Å². The van der Waals surface area contributed by atoms with E-state index in [1.807, 2.05) is 36.6 Å². The number of allylic oxidation sites excluding steroid dienone is 1. The number of benzene rings is 1. The summed E-state index contributed by atoms with van der Waals surface area (Å²) in [6.07, 6.45) is 0.877. The lowest BCUT2D eigenvalue weighted by molar-refractivity contribution is 1.20. The molecule has 13 heavy (non-hydrogen) atoms. The Morgan fingerprint density at radius 2 is 2.00 bits per heavy atom. The van der Waals surface area contributed by atoms with E-state index in [0.717, 1.165) is 21.4 Å². The van der Waals surface area contributed by atoms with Gasteiger partial charge in [0.2, 0.25) is 0 Å². The molecule has 0 aliphatic rings. The van der Waals surface area contributed by atoms with Crippen molar-refractivity contribution in [1.82, 2.24) is 0 Å². The molecule has 1 aromatic rings. The predicted octanol–water partition coefficient (Wildman–Crippen LogP) is 4.92. The molecule has 3 heteroatoms. The van der Waals surface area contributed by atoms with Crippen LogP contribution in [0, 0.1) is 0 Å². The van der Waals surface area contributed by atoms with Crippen molar-refractivity contribution in [1.29, 1.82) is 0 Å². The molecule has 0 heterocycles. The minimum absolute atomic E-state index is 0.759. The quantitative estimate of drug-likeness (QED) is 0.667. The van der Waals surface area contributed by atoms with Gasteiger partial charge in [-0.25, -0.2) is 0 Å². The maximum atomic E-state index is 5.86. The van der Waals surface area contributed by atoms with E-state index in [-0.39, 0.29) is 0 Å². The number of hydrogen-bond donors (Lipinski definition) is 0. The number of halogens is 2. The Morgan fingerprint density at radius 3 is 2.54 bits per heavy atom. The molecule has 0 saturated carbocycles. The van der Waals surface area contributed by atoms with E-state index >= 15 is 0 Å². The molecule has 0 unspecified atom stereocenters. The predicted molar refractivity (Wildman–Crippen MR) is 61.5 cm³/mol. The van der Waals surface area contributed by atoms with Gasteiger partial charge in [0.1, 0.15) is 0 Å². The molecular formula is C10H10Cl2S. The average molecular weight is 233 g/mol. The Morgan fingerprint density at radius 1 is 1.38 bits per heavy atom. The minimum Gasteiger partial charge on any atom is -0.0969 e. The molecule has 0 N–H and O–H groups in total. The highest BCUT2D eigenvalue weighted by molar-refractivity contribution is 8.02. The van der Waals surface area contributed by atoms with Gasteiger partial charge in [-0.1, -0.05) is 41.9 Å². The van der Waals surface area contributed by atoms with E-state index in [2.05, 4.69) is 0 Å². The van der Waals surface area contributed by atoms with Crippen molar-refractivity contribution < 1.29 is 0 Å². The van der Waals surface area contributed by atoms with Crippen LogP contribution in [0.15, 0.2) is 39.6 Å². The summed E-state index contributed by atoms with van der Waals surface area (Å²) >= 11 is 13.2. The summed E-state index contributed by atoms with van der Waals surface area (Å²) in [5.41, 5.74) is 0. The molecule has 0 spiro atoms. The molecule has 0 saturated heterocycles. The summed E-state index contributed by atoms with van der Waals surface area (Å²) in [6, 6.07) is 7.70. The van der Waals surface area contributed by atoms with Gasteiger partial charge in [-0.05, 0) is 36.1 Å². The first kappa shape index (κ1) is 11.0. The van der Waals surface area contributed by atoms with Crippen LogP contribution < -0.4 is 0 Å². The highest BCUT2D eigenvalue weighted by Gasteiger charge is 1.92. The van der Waals surface area contributed by atoms with Crippen LogP contribution in [0.25, 0.3) is 0 Å². The SMILES string of the molecule is CC/C(Cl)=C\Sc1ccc(Cl)cc1. The second-order valence-electron chi connectivity index (χ2n) is 2.49. The second kappa shape index (κ2) is 5.58. The van der Waals surface area contributed by atoms with Crippen molar-refractivity contribution in [2.75, 3.05) is 0 Å². The summed E-state index contributed by atoms with van der Waals surface area (Å²) < 4.78 is 0. The highest BCUT2D eigenvalue weighted by atomic mass is 35.5. The Balaban J connectivity index is 2.60. The van der Waals surface area contributed by atoms with Crippen molar-refractivity contribution in [3.8, 4) is 0 Å². The molecule has 70 valence electrons. The third kappa shape index (κ3) is 4.08. The van der Waals surface area contributed by atoms with E-state index < -0.39 is 0 Å². The monoisotopic (exact) mass is 232 g/mol. The van der Waals surface area contributed by atoms with Gasteiger partial charge < -0.3 is 0 Å². The summed E-state index contributed by atoms with van der Waals surface area (Å²) in [4.78, 5) is 1.15. The first-order valence-electron chi connectivity index (χ1n) is 3.99. The van der Waals surface area contributed by atoms with Crippen LogP contribution in [0.1, 0.15) is 13.3 Å². The van der Waals surface area contributed by atoms with Gasteiger partial charge in [-0.2, -0.15) is 0 Å². The highest BCUT2D eigenvalue weighted by Crippen LogP contribution is 2.24. The lowest BCUT2D eigenvalue weighted by Crippen LogP contribution is -1.69. The van der Waals surface area contributed by atoms with Gasteiger partial charge in [0.25, 0.3) is 0 Å². The zero-order valence-electron chi connectivity index (χ0n) is 7.26. The number of hydrogen-bond acceptors (Lipinski definition) is 1. The van der Waals surface area contributed by atoms with Crippen molar-refractivity contribution in [2.24, 2.45) is 0 Å². The molecule has 0 aliphatic heterocycles. The normalized spacial score (nSPS) is 11.8. The first-order valence-corrected chi connectivity index (χ1v) is 5.62. The largest absolute Gasteiger partial charge is 0.0969 e. The zero-order valence-corrected chi connectivity index (χ0v) is 9.59. The van der Waals surface area contributed by atoms with E-state index in [0.29, 0.717) is 0 Å². The summed E-state index contributed by atoms with van der Waals surface area (Å²) in [5, 5.41) is 3.58. The maximum Gasteiger partial charge on any atom is 0.0406 e. The Kier molecular flexibility index (Phi) is 4.71. The molecule has 0 bridgehead atoms. The fourth-order valence-corrected chi connectivity index (χ4v) is 1.71. The molecule has 0 amide bonds. The van der Waals surface area contributed by atoms with E-state index in [9.17, 15) is 0 Å². The van der Waals surface area contributed by atoms with Crippen molar-refractivity contribution >= 4 is 35.0 Å². The minimum atomic E-state index is 0.759. The van der Waals surface area contributed by atoms with Crippen LogP contribution in [-0.4, -0.2) is 0 Å². The standard InChI is InChI=1S/C10H10Cl2S/c1-2-8(11)7-13-10-5-3-9(12)4-6-10/h3-7H,2H2,1H3/b8-7+. The van der Waals surface area contributed by atoms with Crippen LogP contribution in [0.4, 0.5) is 0 Å². The summed E-state index contributed by atoms with van der Waals surface area (Å²) in [5.74, 6) is 0. The first-order chi connectivity index (χ1) is 6.22. The Hall–Kier alpha value is -0.110. The van der Waals surface area contributed by atoms with Crippen LogP contribution >= 0.6 is 35.0 Å². The van der Waals surface area contributed by atoms with E-state index in [1.54, 1.807) is 11.8 Å². The second-order valence-corrected chi connectivity index (χ2v) is 4.35. The molecule has 0 aromatic heterocycles. The van der Waals surface area contributed by atoms with Crippen LogP contribution in [0.3, 0.4) is 0 Å². The van der Waals surface area contributed by atoms with Gasteiger partial charge in [-0.3, -0.25) is 0 Å². The van der Waals surface area contributed by atoms with Crippen LogP contribution in [-0.2, 0) is 0 Å². The van der Waals surface area contributed by atoms with E-state index in [4.69, 9.17) is 23.2 Å². The third-order valence-corrected chi connectivity index (χ3v) is 3.18. The zero-order chi connectivity index (χ0) is 9.68. The van der Waals surface area contributed by atoms with Gasteiger partial charge in [0, 0.05) is 15.0 Å². The molecule has 0 radical (unpaired) electrons. The molecule has 0 atom stereocenters. The summed E-state index contributed by atoms with van der Waals surface area (Å²) in [7, 11) is 0. The molecule has 0 aliphatic carbocycles. The molecular weight excluding hydrogens is 223 g/mol. The average Bonchev–Trinajstić information content (AvgIpc) is 2.16. The Bertz CT molecular complexity index is 290. The maximum absolute atomic E-state index is 5.86. The van der Waals surface area contributed by atoms with Gasteiger partial charge >= 0.3 is 0 Å². The van der Waals surface area contributed by atoms with Gasteiger partial charge in [0.05, 0.1) is 0 Å². The fraction of sp³-hybridized carbons (Fsp3) is 0.200. The molecule has 1 rings (SSSR count). The lowest BCUT2D eigenvalue weighted by Gasteiger charge is -1.96. The number of thioether (sulfide) groups is 1. The van der Waals surface area contributed by atoms with Crippen molar-refractivity contribution in [2.45, 2.75) is 18.2 Å². The topological polar surface area (TPSA) is 0 Å². The van der Waals surface area contributed by atoms with E-state index in [1.165, 1.54) is 0 Å². The van der Waals surface area contributed by atoms with Gasteiger partial charge in [0.15, 0.2) is 0 Å². The number of rotatable bonds is 3. The Labute approximate surface area is 92.9 Å². The van der Waals surface area contributed by atoms with Crippen molar-refractivity contribution in [3.05, 3.63) is 39.7 Å². The van der Waals surface area contributed by atoms with Gasteiger partial charge in [-0.15, -0.1) is 0 Å².